The maximum absolute atomic E-state index is 12.2. The topological polar surface area (TPSA) is 50.2 Å². The highest BCUT2D eigenvalue weighted by atomic mass is 16.2. The van der Waals surface area contributed by atoms with Crippen molar-refractivity contribution in [2.45, 2.75) is 26.3 Å². The Morgan fingerprint density at radius 3 is 2.70 bits per heavy atom. The Morgan fingerprint density at radius 2 is 2.00 bits per heavy atom. The van der Waals surface area contributed by atoms with Crippen molar-refractivity contribution in [1.29, 1.82) is 0 Å². The van der Waals surface area contributed by atoms with Gasteiger partial charge >= 0.3 is 0 Å². The van der Waals surface area contributed by atoms with Gasteiger partial charge in [0.05, 0.1) is 11.4 Å². The van der Waals surface area contributed by atoms with E-state index in [0.717, 1.165) is 22.9 Å². The molecular weight excluding hydrogens is 252 g/mol. The molecule has 0 bridgehead atoms. The number of benzene rings is 1. The lowest BCUT2D eigenvalue weighted by Crippen LogP contribution is -2.29. The molecule has 3 rings (SSSR count). The normalized spacial score (nSPS) is 18.4. The van der Waals surface area contributed by atoms with Gasteiger partial charge in [-0.2, -0.15) is 5.10 Å². The minimum atomic E-state index is 0.0980. The zero-order chi connectivity index (χ0) is 14.3. The van der Waals surface area contributed by atoms with Crippen LogP contribution >= 0.6 is 0 Å². The number of nitrogens with one attached hydrogen (secondary N) is 1. The third-order valence-electron chi connectivity index (χ3n) is 3.60. The van der Waals surface area contributed by atoms with Crippen molar-refractivity contribution >= 4 is 17.4 Å². The van der Waals surface area contributed by atoms with Crippen LogP contribution in [0, 0.1) is 6.92 Å². The first-order valence-corrected chi connectivity index (χ1v) is 6.76. The fraction of sp³-hybridized carbons (Fsp3) is 0.333. The van der Waals surface area contributed by atoms with E-state index in [-0.39, 0.29) is 11.9 Å². The van der Waals surface area contributed by atoms with Crippen LogP contribution in [0.5, 0.6) is 0 Å². The fourth-order valence-electron chi connectivity index (χ4n) is 2.56. The first-order chi connectivity index (χ1) is 9.58. The molecule has 2 aromatic rings. The summed E-state index contributed by atoms with van der Waals surface area (Å²) in [4.78, 5) is 13.9. The summed E-state index contributed by atoms with van der Waals surface area (Å²) in [5.41, 5.74) is 2.79. The number of hydrogen-bond acceptors (Lipinski definition) is 3. The van der Waals surface area contributed by atoms with E-state index in [1.165, 1.54) is 0 Å². The molecule has 2 heterocycles. The maximum Gasteiger partial charge on any atom is 0.229 e. The van der Waals surface area contributed by atoms with Crippen molar-refractivity contribution in [2.24, 2.45) is 0 Å². The van der Waals surface area contributed by atoms with E-state index in [0.29, 0.717) is 6.42 Å². The Kier molecular flexibility index (Phi) is 2.97. The Labute approximate surface area is 118 Å². The van der Waals surface area contributed by atoms with E-state index in [4.69, 9.17) is 0 Å². The van der Waals surface area contributed by atoms with Gasteiger partial charge in [-0.25, -0.2) is 4.68 Å². The molecule has 1 atom stereocenters. The van der Waals surface area contributed by atoms with Gasteiger partial charge < -0.3 is 5.32 Å². The van der Waals surface area contributed by atoms with Gasteiger partial charge in [0.2, 0.25) is 5.91 Å². The number of aryl methyl sites for hydroxylation is 1. The molecule has 0 saturated carbocycles. The zero-order valence-corrected chi connectivity index (χ0v) is 11.9. The Hall–Kier alpha value is -2.30. The number of rotatable bonds is 1. The third-order valence-corrected chi connectivity index (χ3v) is 3.60. The van der Waals surface area contributed by atoms with Crippen LogP contribution in [0.25, 0.3) is 5.69 Å². The van der Waals surface area contributed by atoms with Gasteiger partial charge in [0.1, 0.15) is 5.69 Å². The molecule has 0 saturated heterocycles. The molecule has 1 N–H and O–H groups in total. The summed E-state index contributed by atoms with van der Waals surface area (Å²) in [5.74, 6) is 0.906. The van der Waals surface area contributed by atoms with E-state index < -0.39 is 0 Å². The standard InChI is InChI=1S/C15H18N4O/c1-10-9-13(20)18(3)15-14(16-10)11(2)17-19(15)12-7-5-4-6-8-12/h4-8,10,16H,9H2,1-3H3. The molecule has 5 heteroatoms. The lowest BCUT2D eigenvalue weighted by Gasteiger charge is -2.17. The molecule has 0 aliphatic carbocycles. The van der Waals surface area contributed by atoms with Crippen molar-refractivity contribution in [3.8, 4) is 5.69 Å². The van der Waals surface area contributed by atoms with Crippen LogP contribution in [-0.4, -0.2) is 28.8 Å². The predicted molar refractivity (Wildman–Crippen MR) is 79.4 cm³/mol. The van der Waals surface area contributed by atoms with E-state index in [9.17, 15) is 4.79 Å². The first kappa shape index (κ1) is 12.7. The van der Waals surface area contributed by atoms with Crippen molar-refractivity contribution < 1.29 is 4.79 Å². The molecule has 1 aliphatic rings. The van der Waals surface area contributed by atoms with Crippen LogP contribution in [0.1, 0.15) is 19.0 Å². The second-order valence-electron chi connectivity index (χ2n) is 5.23. The minimum Gasteiger partial charge on any atom is -0.378 e. The number of aromatic nitrogens is 2. The van der Waals surface area contributed by atoms with Crippen molar-refractivity contribution in [3.05, 3.63) is 36.0 Å². The van der Waals surface area contributed by atoms with Gasteiger partial charge in [-0.3, -0.25) is 9.69 Å². The summed E-state index contributed by atoms with van der Waals surface area (Å²) in [7, 11) is 1.81. The Bertz CT molecular complexity index is 647. The predicted octanol–water partition coefficient (Wildman–Crippen LogP) is 2.35. The largest absolute Gasteiger partial charge is 0.378 e. The van der Waals surface area contributed by atoms with Gasteiger partial charge in [0, 0.05) is 19.5 Å². The molecule has 1 aromatic carbocycles. The molecule has 1 unspecified atom stereocenters. The number of carbonyl (C=O) groups excluding carboxylic acids is 1. The number of fused-ring (bicyclic) bond motifs is 1. The number of carbonyl (C=O) groups is 1. The van der Waals surface area contributed by atoms with Gasteiger partial charge in [-0.05, 0) is 26.0 Å². The molecule has 20 heavy (non-hydrogen) atoms. The van der Waals surface area contributed by atoms with Crippen LogP contribution in [0.4, 0.5) is 11.5 Å². The molecule has 0 spiro atoms. The van der Waals surface area contributed by atoms with Crippen LogP contribution in [-0.2, 0) is 4.79 Å². The summed E-state index contributed by atoms with van der Waals surface area (Å²) in [6, 6.07) is 9.98. The summed E-state index contributed by atoms with van der Waals surface area (Å²) < 4.78 is 1.83. The molecule has 5 nitrogen and oxygen atoms in total. The van der Waals surface area contributed by atoms with E-state index in [1.54, 1.807) is 11.9 Å². The number of hydrogen-bond donors (Lipinski definition) is 1. The number of nitrogens with zero attached hydrogens (tertiary/aromatic N) is 3. The molecule has 1 aromatic heterocycles. The second kappa shape index (κ2) is 4.67. The van der Waals surface area contributed by atoms with Gasteiger partial charge in [0.15, 0.2) is 5.82 Å². The maximum atomic E-state index is 12.2. The van der Waals surface area contributed by atoms with Crippen molar-refractivity contribution in [2.75, 3.05) is 17.3 Å². The quantitative estimate of drug-likeness (QED) is 0.865. The van der Waals surface area contributed by atoms with Crippen molar-refractivity contribution in [3.63, 3.8) is 0 Å². The van der Waals surface area contributed by atoms with Crippen LogP contribution in [0.15, 0.2) is 30.3 Å². The summed E-state index contributed by atoms with van der Waals surface area (Å²) >= 11 is 0. The fourth-order valence-corrected chi connectivity index (χ4v) is 2.56. The lowest BCUT2D eigenvalue weighted by molar-refractivity contribution is -0.118. The number of para-hydroxylation sites is 1. The number of amides is 1. The molecule has 0 radical (unpaired) electrons. The van der Waals surface area contributed by atoms with E-state index in [2.05, 4.69) is 10.4 Å². The highest BCUT2D eigenvalue weighted by Crippen LogP contribution is 2.34. The van der Waals surface area contributed by atoms with Crippen LogP contribution < -0.4 is 10.2 Å². The van der Waals surface area contributed by atoms with E-state index in [1.807, 2.05) is 48.9 Å². The second-order valence-corrected chi connectivity index (χ2v) is 5.23. The SMILES string of the molecule is Cc1nn(-c2ccccc2)c2c1NC(C)CC(=O)N2C. The third kappa shape index (κ3) is 1.95. The van der Waals surface area contributed by atoms with Gasteiger partial charge in [-0.1, -0.05) is 18.2 Å². The highest BCUT2D eigenvalue weighted by Gasteiger charge is 2.28. The highest BCUT2D eigenvalue weighted by molar-refractivity contribution is 5.98. The number of anilines is 2. The molecule has 104 valence electrons. The Morgan fingerprint density at radius 1 is 1.30 bits per heavy atom. The lowest BCUT2D eigenvalue weighted by atomic mass is 10.2. The monoisotopic (exact) mass is 270 g/mol. The average Bonchev–Trinajstić information content (AvgIpc) is 2.70. The minimum absolute atomic E-state index is 0.0980. The zero-order valence-electron chi connectivity index (χ0n) is 11.9. The van der Waals surface area contributed by atoms with E-state index >= 15 is 0 Å². The van der Waals surface area contributed by atoms with Gasteiger partial charge in [-0.15, -0.1) is 0 Å². The molecular formula is C15H18N4O. The first-order valence-electron chi connectivity index (χ1n) is 6.76. The van der Waals surface area contributed by atoms with Crippen LogP contribution in [0.2, 0.25) is 0 Å². The average molecular weight is 270 g/mol. The summed E-state index contributed by atoms with van der Waals surface area (Å²) in [6.07, 6.45) is 0.486. The van der Waals surface area contributed by atoms with Crippen molar-refractivity contribution in [1.82, 2.24) is 9.78 Å². The van der Waals surface area contributed by atoms with Gasteiger partial charge in [0.25, 0.3) is 0 Å². The molecule has 1 amide bonds. The summed E-state index contributed by atoms with van der Waals surface area (Å²) in [5, 5.41) is 7.98. The molecule has 1 aliphatic heterocycles. The smallest absolute Gasteiger partial charge is 0.229 e. The summed E-state index contributed by atoms with van der Waals surface area (Å²) in [6.45, 7) is 3.97. The van der Waals surface area contributed by atoms with Crippen LogP contribution in [0.3, 0.4) is 0 Å². The molecule has 0 fully saturated rings. The Balaban J connectivity index is 2.20.